The molecule has 3 heterocycles. The Morgan fingerprint density at radius 3 is 2.69 bits per heavy atom. The number of aliphatic hydroxyl groups excluding tert-OH is 1. The van der Waals surface area contributed by atoms with E-state index >= 15 is 0 Å². The summed E-state index contributed by atoms with van der Waals surface area (Å²) in [5.41, 5.74) is 2.27. The second-order valence-electron chi connectivity index (χ2n) is 11.9. The van der Waals surface area contributed by atoms with Crippen LogP contribution in [0.15, 0.2) is 91.1 Å². The summed E-state index contributed by atoms with van der Waals surface area (Å²) in [7, 11) is 0. The maximum atomic E-state index is 14.0. The van der Waals surface area contributed by atoms with Gasteiger partial charge in [-0.2, -0.15) is 0 Å². The number of amides is 3. The van der Waals surface area contributed by atoms with Crippen molar-refractivity contribution in [2.75, 3.05) is 23.4 Å². The van der Waals surface area contributed by atoms with Crippen molar-refractivity contribution in [1.82, 2.24) is 9.88 Å². The van der Waals surface area contributed by atoms with Crippen LogP contribution in [0.1, 0.15) is 42.9 Å². The van der Waals surface area contributed by atoms with Gasteiger partial charge in [0.15, 0.2) is 5.60 Å². The zero-order chi connectivity index (χ0) is 31.6. The molecule has 232 valence electrons. The van der Waals surface area contributed by atoms with E-state index in [4.69, 9.17) is 0 Å². The summed E-state index contributed by atoms with van der Waals surface area (Å²) in [5, 5.41) is 25.7. The molecule has 0 unspecified atom stereocenters. The Balaban J connectivity index is 1.25. The SMILES string of the molecule is C[C@@H](/C=C/CC(=O)N1CCC[C@H]1CO)[C@]1(O)C(=O)N(Cc2ccccc2)c2ccc(NC(=O)Cc3c[nH]c4ccccc34)cc21. The minimum absolute atomic E-state index is 0.0607. The van der Waals surface area contributed by atoms with E-state index in [0.29, 0.717) is 23.5 Å². The van der Waals surface area contributed by atoms with Crippen LogP contribution in [-0.2, 0) is 33.0 Å². The van der Waals surface area contributed by atoms with Gasteiger partial charge >= 0.3 is 0 Å². The number of aromatic amines is 1. The molecule has 1 aromatic heterocycles. The van der Waals surface area contributed by atoms with Crippen LogP contribution in [0.3, 0.4) is 0 Å². The second kappa shape index (κ2) is 12.7. The van der Waals surface area contributed by atoms with Gasteiger partial charge in [-0.15, -0.1) is 0 Å². The first kappa shape index (κ1) is 30.3. The lowest BCUT2D eigenvalue weighted by molar-refractivity contribution is -0.139. The van der Waals surface area contributed by atoms with Gasteiger partial charge in [0.05, 0.1) is 31.3 Å². The molecule has 3 amide bonds. The molecule has 45 heavy (non-hydrogen) atoms. The zero-order valence-electron chi connectivity index (χ0n) is 25.3. The average molecular weight is 607 g/mol. The van der Waals surface area contributed by atoms with Gasteiger partial charge in [0, 0.05) is 47.2 Å². The number of aromatic nitrogens is 1. The number of rotatable bonds is 10. The van der Waals surface area contributed by atoms with Crippen molar-refractivity contribution >= 4 is 40.0 Å². The first-order valence-corrected chi connectivity index (χ1v) is 15.4. The van der Waals surface area contributed by atoms with E-state index in [-0.39, 0.29) is 43.8 Å². The molecule has 0 bridgehead atoms. The second-order valence-corrected chi connectivity index (χ2v) is 11.9. The fraction of sp³-hybridized carbons (Fsp3) is 0.306. The molecule has 1 saturated heterocycles. The lowest BCUT2D eigenvalue weighted by Crippen LogP contribution is -2.44. The number of likely N-dealkylation sites (tertiary alicyclic amines) is 1. The average Bonchev–Trinajstić information content (AvgIpc) is 3.75. The first-order valence-electron chi connectivity index (χ1n) is 15.4. The van der Waals surface area contributed by atoms with Crippen molar-refractivity contribution in [3.8, 4) is 0 Å². The number of H-pyrrole nitrogens is 1. The molecular formula is C36H38N4O5. The fourth-order valence-corrected chi connectivity index (χ4v) is 6.59. The van der Waals surface area contributed by atoms with Crippen molar-refractivity contribution in [2.45, 2.75) is 50.8 Å². The molecule has 4 aromatic rings. The normalized spacial score (nSPS) is 20.2. The number of nitrogens with one attached hydrogen (secondary N) is 2. The maximum absolute atomic E-state index is 14.0. The van der Waals surface area contributed by atoms with E-state index in [1.807, 2.05) is 60.8 Å². The van der Waals surface area contributed by atoms with Gasteiger partial charge in [-0.05, 0) is 48.2 Å². The fourth-order valence-electron chi connectivity index (χ4n) is 6.59. The van der Waals surface area contributed by atoms with Crippen LogP contribution in [0.25, 0.3) is 10.9 Å². The predicted molar refractivity (Wildman–Crippen MR) is 173 cm³/mol. The topological polar surface area (TPSA) is 126 Å². The molecule has 2 aliphatic rings. The molecule has 0 saturated carbocycles. The highest BCUT2D eigenvalue weighted by Gasteiger charge is 2.52. The Morgan fingerprint density at radius 1 is 1.11 bits per heavy atom. The molecule has 3 aromatic carbocycles. The number of nitrogens with zero attached hydrogens (tertiary/aromatic N) is 2. The summed E-state index contributed by atoms with van der Waals surface area (Å²) in [6.07, 6.45) is 7.14. The highest BCUT2D eigenvalue weighted by molar-refractivity contribution is 6.08. The molecule has 4 N–H and O–H groups in total. The van der Waals surface area contributed by atoms with Crippen molar-refractivity contribution in [2.24, 2.45) is 5.92 Å². The third-order valence-electron chi connectivity index (χ3n) is 9.05. The van der Waals surface area contributed by atoms with Crippen LogP contribution in [0.4, 0.5) is 11.4 Å². The monoisotopic (exact) mass is 606 g/mol. The summed E-state index contributed by atoms with van der Waals surface area (Å²) >= 11 is 0. The Hall–Kier alpha value is -4.73. The number of fused-ring (bicyclic) bond motifs is 2. The number of benzene rings is 3. The van der Waals surface area contributed by atoms with Crippen molar-refractivity contribution in [3.05, 3.63) is 108 Å². The van der Waals surface area contributed by atoms with Crippen molar-refractivity contribution in [1.29, 1.82) is 0 Å². The summed E-state index contributed by atoms with van der Waals surface area (Å²) < 4.78 is 0. The van der Waals surface area contributed by atoms with Gasteiger partial charge in [0.25, 0.3) is 5.91 Å². The number of para-hydroxylation sites is 1. The Kier molecular flexibility index (Phi) is 8.56. The van der Waals surface area contributed by atoms with E-state index in [2.05, 4.69) is 10.3 Å². The Morgan fingerprint density at radius 2 is 1.89 bits per heavy atom. The Labute approximate surface area is 262 Å². The minimum atomic E-state index is -1.91. The van der Waals surface area contributed by atoms with Crippen LogP contribution >= 0.6 is 0 Å². The number of carbonyl (C=O) groups is 3. The van der Waals surface area contributed by atoms with Gasteiger partial charge in [-0.25, -0.2) is 0 Å². The molecule has 9 nitrogen and oxygen atoms in total. The summed E-state index contributed by atoms with van der Waals surface area (Å²) in [5.74, 6) is -1.46. The lowest BCUT2D eigenvalue weighted by Gasteiger charge is -2.28. The zero-order valence-corrected chi connectivity index (χ0v) is 25.3. The summed E-state index contributed by atoms with van der Waals surface area (Å²) in [4.78, 5) is 46.5. The van der Waals surface area contributed by atoms with Crippen LogP contribution in [0, 0.1) is 5.92 Å². The third kappa shape index (κ3) is 5.89. The highest BCUT2D eigenvalue weighted by Crippen LogP contribution is 2.47. The minimum Gasteiger partial charge on any atom is -0.394 e. The quantitative estimate of drug-likeness (QED) is 0.196. The molecule has 6 rings (SSSR count). The van der Waals surface area contributed by atoms with Gasteiger partial charge in [0.2, 0.25) is 11.8 Å². The molecule has 0 radical (unpaired) electrons. The third-order valence-corrected chi connectivity index (χ3v) is 9.05. The first-order chi connectivity index (χ1) is 21.8. The molecule has 9 heteroatoms. The smallest absolute Gasteiger partial charge is 0.264 e. The molecule has 2 aliphatic heterocycles. The van der Waals surface area contributed by atoms with Gasteiger partial charge < -0.3 is 30.3 Å². The lowest BCUT2D eigenvalue weighted by atomic mass is 9.82. The summed E-state index contributed by atoms with van der Waals surface area (Å²) in [6, 6.07) is 22.4. The largest absolute Gasteiger partial charge is 0.394 e. The van der Waals surface area contributed by atoms with Crippen LogP contribution in [0.2, 0.25) is 0 Å². The number of hydrogen-bond donors (Lipinski definition) is 4. The number of carbonyl (C=O) groups excluding carboxylic acids is 3. The number of anilines is 2. The standard InChI is InChI=1S/C36H38N4O5/c1-24(9-7-15-34(43)39-18-8-12-28(39)23-41)36(45)30-20-27(38-33(42)19-26-21-37-31-14-6-5-13-29(26)31)16-17-32(30)40(35(36)44)22-25-10-3-2-4-11-25/h2-7,9-11,13-14,16-17,20-21,24,28,37,41,45H,8,12,15,18-19,22-23H2,1H3,(H,38,42)/b9-7+/t24-,28-,36+/m0/s1. The molecule has 0 spiro atoms. The van der Waals surface area contributed by atoms with Crippen molar-refractivity contribution in [3.63, 3.8) is 0 Å². The molecule has 1 fully saturated rings. The van der Waals surface area contributed by atoms with E-state index in [0.717, 1.165) is 34.9 Å². The number of hydrogen-bond acceptors (Lipinski definition) is 5. The predicted octanol–water partition coefficient (Wildman–Crippen LogP) is 4.65. The van der Waals surface area contributed by atoms with E-state index in [1.165, 1.54) is 0 Å². The van der Waals surface area contributed by atoms with E-state index in [1.54, 1.807) is 47.1 Å². The molecule has 3 atom stereocenters. The van der Waals surface area contributed by atoms with Crippen LogP contribution in [-0.4, -0.2) is 57.0 Å². The maximum Gasteiger partial charge on any atom is 0.264 e. The Bertz CT molecular complexity index is 1750. The molecule has 0 aliphatic carbocycles. The van der Waals surface area contributed by atoms with Gasteiger partial charge in [-0.3, -0.25) is 14.4 Å². The van der Waals surface area contributed by atoms with Gasteiger partial charge in [0.1, 0.15) is 0 Å². The van der Waals surface area contributed by atoms with E-state index in [9.17, 15) is 24.6 Å². The highest BCUT2D eigenvalue weighted by atomic mass is 16.3. The van der Waals surface area contributed by atoms with Crippen molar-refractivity contribution < 1.29 is 24.6 Å². The van der Waals surface area contributed by atoms with Gasteiger partial charge in [-0.1, -0.05) is 67.6 Å². The van der Waals surface area contributed by atoms with Crippen LogP contribution in [0.5, 0.6) is 0 Å². The number of aliphatic hydroxyl groups is 2. The van der Waals surface area contributed by atoms with E-state index < -0.39 is 17.4 Å². The summed E-state index contributed by atoms with van der Waals surface area (Å²) in [6.45, 7) is 2.58. The van der Waals surface area contributed by atoms with Crippen LogP contribution < -0.4 is 10.2 Å². The molecular weight excluding hydrogens is 568 g/mol.